The van der Waals surface area contributed by atoms with Crippen LogP contribution in [0.3, 0.4) is 0 Å². The zero-order valence-corrected chi connectivity index (χ0v) is 14.8. The number of hydrogen-bond acceptors (Lipinski definition) is 4. The summed E-state index contributed by atoms with van der Waals surface area (Å²) in [6.45, 7) is 4.23. The van der Waals surface area contributed by atoms with Gasteiger partial charge in [-0.2, -0.15) is 5.26 Å². The highest BCUT2D eigenvalue weighted by Crippen LogP contribution is 2.26. The Morgan fingerprint density at radius 2 is 2.08 bits per heavy atom. The minimum atomic E-state index is 0.201. The van der Waals surface area contributed by atoms with Gasteiger partial charge in [0.2, 0.25) is 5.91 Å². The number of nitrogens with one attached hydrogen (secondary N) is 1. The van der Waals surface area contributed by atoms with Crippen molar-refractivity contribution in [3.05, 3.63) is 41.5 Å². The highest BCUT2D eigenvalue weighted by molar-refractivity contribution is 5.85. The molecular weight excluding hydrogens is 326 g/mol. The number of amides is 1. The number of aromatic nitrogens is 2. The number of para-hydroxylation sites is 2. The van der Waals surface area contributed by atoms with E-state index in [0.29, 0.717) is 24.2 Å². The Bertz CT molecular complexity index is 1020. The van der Waals surface area contributed by atoms with Gasteiger partial charge in [-0.05, 0) is 43.5 Å². The molecular formula is C20H21N5O. The van der Waals surface area contributed by atoms with Gasteiger partial charge in [-0.15, -0.1) is 0 Å². The van der Waals surface area contributed by atoms with Crippen LogP contribution in [0, 0.1) is 18.3 Å². The number of hydrogen-bond donors (Lipinski definition) is 1. The first-order chi connectivity index (χ1) is 12.7. The number of carbonyl (C=O) groups excluding carboxylic acids is 1. The van der Waals surface area contributed by atoms with E-state index in [9.17, 15) is 10.1 Å². The molecule has 26 heavy (non-hydrogen) atoms. The van der Waals surface area contributed by atoms with Crippen LogP contribution in [0.1, 0.15) is 30.4 Å². The zero-order valence-electron chi connectivity index (χ0n) is 14.8. The molecule has 1 saturated heterocycles. The van der Waals surface area contributed by atoms with Crippen LogP contribution in [0.5, 0.6) is 0 Å². The van der Waals surface area contributed by atoms with E-state index in [4.69, 9.17) is 0 Å². The van der Waals surface area contributed by atoms with Crippen molar-refractivity contribution in [1.29, 1.82) is 5.26 Å². The standard InChI is InChI=1S/C20H21N5O/c1-14-12-18(22-9-8-19(26)24-10-4-5-11-24)25-17-7-3-2-6-16(17)23-20(25)15(14)13-21/h2-3,6-7,12,22H,4-5,8-11H2,1H3. The van der Waals surface area contributed by atoms with E-state index in [1.54, 1.807) is 0 Å². The van der Waals surface area contributed by atoms with Crippen LogP contribution in [0.2, 0.25) is 0 Å². The van der Waals surface area contributed by atoms with Gasteiger partial charge >= 0.3 is 0 Å². The molecule has 1 amide bonds. The average molecular weight is 347 g/mol. The Balaban J connectivity index is 1.66. The van der Waals surface area contributed by atoms with Crippen LogP contribution in [-0.2, 0) is 4.79 Å². The summed E-state index contributed by atoms with van der Waals surface area (Å²) in [4.78, 5) is 18.8. The number of benzene rings is 1. The van der Waals surface area contributed by atoms with Gasteiger partial charge in [-0.3, -0.25) is 9.20 Å². The molecule has 0 saturated carbocycles. The third-order valence-corrected chi connectivity index (χ3v) is 4.99. The molecule has 132 valence electrons. The van der Waals surface area contributed by atoms with Crippen molar-refractivity contribution < 1.29 is 4.79 Å². The first-order valence-electron chi connectivity index (χ1n) is 9.01. The number of imidazole rings is 1. The van der Waals surface area contributed by atoms with Crippen molar-refractivity contribution >= 4 is 28.4 Å². The summed E-state index contributed by atoms with van der Waals surface area (Å²) in [5.74, 6) is 1.06. The second kappa shape index (κ2) is 6.68. The summed E-state index contributed by atoms with van der Waals surface area (Å²) in [5.41, 5.74) is 3.92. The molecule has 1 aromatic carbocycles. The second-order valence-electron chi connectivity index (χ2n) is 6.72. The molecule has 0 bridgehead atoms. The monoisotopic (exact) mass is 347 g/mol. The topological polar surface area (TPSA) is 73.4 Å². The average Bonchev–Trinajstić information content (AvgIpc) is 3.29. The SMILES string of the molecule is Cc1cc(NCCC(=O)N2CCCC2)n2c(nc3ccccc32)c1C#N. The lowest BCUT2D eigenvalue weighted by Gasteiger charge is -2.16. The van der Waals surface area contributed by atoms with E-state index in [0.717, 1.165) is 48.3 Å². The fourth-order valence-corrected chi connectivity index (χ4v) is 3.65. The Morgan fingerprint density at radius 3 is 2.85 bits per heavy atom. The molecule has 6 heteroatoms. The number of rotatable bonds is 4. The molecule has 3 heterocycles. The van der Waals surface area contributed by atoms with Crippen LogP contribution in [0.4, 0.5) is 5.82 Å². The first kappa shape index (κ1) is 16.4. The number of aryl methyl sites for hydroxylation is 1. The smallest absolute Gasteiger partial charge is 0.224 e. The molecule has 1 aliphatic heterocycles. The van der Waals surface area contributed by atoms with Gasteiger partial charge in [0.25, 0.3) is 0 Å². The van der Waals surface area contributed by atoms with Crippen LogP contribution < -0.4 is 5.32 Å². The quantitative estimate of drug-likeness (QED) is 0.787. The molecule has 1 aliphatic rings. The Kier molecular flexibility index (Phi) is 4.21. The van der Waals surface area contributed by atoms with Gasteiger partial charge in [0.15, 0.2) is 5.65 Å². The number of nitriles is 1. The molecule has 2 aromatic heterocycles. The molecule has 6 nitrogen and oxygen atoms in total. The third-order valence-electron chi connectivity index (χ3n) is 4.99. The van der Waals surface area contributed by atoms with Gasteiger partial charge < -0.3 is 10.2 Å². The van der Waals surface area contributed by atoms with E-state index >= 15 is 0 Å². The second-order valence-corrected chi connectivity index (χ2v) is 6.72. The normalized spacial score (nSPS) is 14.1. The Hall–Kier alpha value is -3.07. The van der Waals surface area contributed by atoms with Crippen molar-refractivity contribution in [2.75, 3.05) is 25.0 Å². The molecule has 0 atom stereocenters. The van der Waals surface area contributed by atoms with Crippen LogP contribution in [-0.4, -0.2) is 39.8 Å². The summed E-state index contributed by atoms with van der Waals surface area (Å²) in [6, 6.07) is 12.1. The molecule has 1 N–H and O–H groups in total. The summed E-state index contributed by atoms with van der Waals surface area (Å²) >= 11 is 0. The predicted molar refractivity (Wildman–Crippen MR) is 101 cm³/mol. The maximum absolute atomic E-state index is 12.3. The van der Waals surface area contributed by atoms with Crippen molar-refractivity contribution in [1.82, 2.24) is 14.3 Å². The van der Waals surface area contributed by atoms with Crippen molar-refractivity contribution in [3.63, 3.8) is 0 Å². The summed E-state index contributed by atoms with van der Waals surface area (Å²) in [5, 5.41) is 12.9. The van der Waals surface area contributed by atoms with Gasteiger partial charge in [-0.25, -0.2) is 4.98 Å². The van der Waals surface area contributed by atoms with Gasteiger partial charge in [0.1, 0.15) is 11.9 Å². The lowest BCUT2D eigenvalue weighted by atomic mass is 10.1. The summed E-state index contributed by atoms with van der Waals surface area (Å²) in [6.07, 6.45) is 2.68. The fourth-order valence-electron chi connectivity index (χ4n) is 3.65. The molecule has 4 rings (SSSR count). The van der Waals surface area contributed by atoms with Crippen molar-refractivity contribution in [2.24, 2.45) is 0 Å². The van der Waals surface area contributed by atoms with Crippen LogP contribution in [0.15, 0.2) is 30.3 Å². The van der Waals surface area contributed by atoms with E-state index in [1.807, 2.05) is 46.6 Å². The molecule has 0 unspecified atom stereocenters. The predicted octanol–water partition coefficient (Wildman–Crippen LogP) is 3.09. The van der Waals surface area contributed by atoms with Crippen LogP contribution >= 0.6 is 0 Å². The van der Waals surface area contributed by atoms with Gasteiger partial charge in [0.05, 0.1) is 16.6 Å². The summed E-state index contributed by atoms with van der Waals surface area (Å²) in [7, 11) is 0. The van der Waals surface area contributed by atoms with Crippen molar-refractivity contribution in [3.8, 4) is 6.07 Å². The zero-order chi connectivity index (χ0) is 18.1. The minimum Gasteiger partial charge on any atom is -0.371 e. The third kappa shape index (κ3) is 2.76. The largest absolute Gasteiger partial charge is 0.371 e. The Morgan fingerprint density at radius 1 is 1.31 bits per heavy atom. The number of carbonyl (C=O) groups is 1. The first-order valence-corrected chi connectivity index (χ1v) is 9.01. The molecule has 1 fully saturated rings. The number of fused-ring (bicyclic) bond motifs is 3. The maximum Gasteiger partial charge on any atom is 0.224 e. The fraction of sp³-hybridized carbons (Fsp3) is 0.350. The highest BCUT2D eigenvalue weighted by Gasteiger charge is 2.18. The minimum absolute atomic E-state index is 0.201. The molecule has 3 aromatic rings. The molecule has 0 aliphatic carbocycles. The number of pyridine rings is 1. The number of anilines is 1. The van der Waals surface area contributed by atoms with Gasteiger partial charge in [0, 0.05) is 26.1 Å². The highest BCUT2D eigenvalue weighted by atomic mass is 16.2. The lowest BCUT2D eigenvalue weighted by Crippen LogP contribution is -2.29. The van der Waals surface area contributed by atoms with E-state index in [2.05, 4.69) is 16.4 Å². The van der Waals surface area contributed by atoms with E-state index < -0.39 is 0 Å². The molecule has 0 spiro atoms. The van der Waals surface area contributed by atoms with E-state index in [1.165, 1.54) is 0 Å². The lowest BCUT2D eigenvalue weighted by molar-refractivity contribution is -0.129. The van der Waals surface area contributed by atoms with Crippen LogP contribution in [0.25, 0.3) is 16.7 Å². The van der Waals surface area contributed by atoms with E-state index in [-0.39, 0.29) is 5.91 Å². The molecule has 0 radical (unpaired) electrons. The van der Waals surface area contributed by atoms with Gasteiger partial charge in [-0.1, -0.05) is 12.1 Å². The number of likely N-dealkylation sites (tertiary alicyclic amines) is 1. The van der Waals surface area contributed by atoms with Crippen molar-refractivity contribution in [2.45, 2.75) is 26.2 Å². The Labute approximate surface area is 152 Å². The summed E-state index contributed by atoms with van der Waals surface area (Å²) < 4.78 is 1.97. The maximum atomic E-state index is 12.3. The number of nitrogens with zero attached hydrogens (tertiary/aromatic N) is 4.